The Morgan fingerprint density at radius 2 is 1.80 bits per heavy atom. The van der Waals surface area contributed by atoms with Crippen molar-refractivity contribution < 1.29 is 17.9 Å². The Morgan fingerprint density at radius 3 is 2.45 bits per heavy atom. The number of sulfonamides is 1. The van der Waals surface area contributed by atoms with Gasteiger partial charge in [0.05, 0.1) is 17.3 Å². The second kappa shape index (κ2) is 13.1. The van der Waals surface area contributed by atoms with Crippen molar-refractivity contribution in [1.29, 1.82) is 0 Å². The number of aryl methyl sites for hydroxylation is 1. The number of rotatable bonds is 12. The summed E-state index contributed by atoms with van der Waals surface area (Å²) in [5, 5.41) is 12.1. The van der Waals surface area contributed by atoms with Crippen molar-refractivity contribution >= 4 is 33.4 Å². The molecule has 0 atom stereocenters. The van der Waals surface area contributed by atoms with Crippen LogP contribution in [0.15, 0.2) is 77.0 Å². The number of hydrogen-bond donors (Lipinski definition) is 1. The van der Waals surface area contributed by atoms with Gasteiger partial charge in [-0.25, -0.2) is 8.42 Å². The fourth-order valence-corrected chi connectivity index (χ4v) is 6.58. The monoisotopic (exact) mass is 580 g/mol. The maximum Gasteiger partial charge on any atom is 0.243 e. The summed E-state index contributed by atoms with van der Waals surface area (Å²) < 4.78 is 35.0. The molecular weight excluding hydrogens is 548 g/mol. The van der Waals surface area contributed by atoms with Gasteiger partial charge >= 0.3 is 0 Å². The van der Waals surface area contributed by atoms with Crippen LogP contribution in [0.2, 0.25) is 0 Å². The van der Waals surface area contributed by atoms with Crippen molar-refractivity contribution in [2.45, 2.75) is 37.7 Å². The number of ether oxygens (including phenoxy) is 1. The standard InChI is InChI=1S/C28H32N6O4S2/c1-5-33(6-2)40(36,37)25-17-22(11-10-20(25)4)30-26(35)19-39-28-32-31-27(21-9-8-16-29-18-21)34(28)23-12-14-24(15-13-23)38-7-3/h8-18H,5-7,19H2,1-4H3,(H,30,35). The number of aromatic nitrogens is 4. The van der Waals surface area contributed by atoms with E-state index in [1.807, 2.05) is 47.9 Å². The molecule has 0 bridgehead atoms. The summed E-state index contributed by atoms with van der Waals surface area (Å²) >= 11 is 1.22. The van der Waals surface area contributed by atoms with Gasteiger partial charge in [-0.3, -0.25) is 14.3 Å². The molecule has 210 valence electrons. The highest BCUT2D eigenvalue weighted by molar-refractivity contribution is 7.99. The van der Waals surface area contributed by atoms with Crippen LogP contribution < -0.4 is 10.1 Å². The third kappa shape index (κ3) is 6.52. The van der Waals surface area contributed by atoms with Crippen molar-refractivity contribution in [3.8, 4) is 22.8 Å². The smallest absolute Gasteiger partial charge is 0.243 e. The van der Waals surface area contributed by atoms with Crippen LogP contribution in [0.4, 0.5) is 5.69 Å². The van der Waals surface area contributed by atoms with Gasteiger partial charge < -0.3 is 10.1 Å². The van der Waals surface area contributed by atoms with Gasteiger partial charge in [-0.15, -0.1) is 10.2 Å². The quantitative estimate of drug-likeness (QED) is 0.238. The molecule has 0 saturated heterocycles. The van der Waals surface area contributed by atoms with Crippen molar-refractivity contribution in [3.63, 3.8) is 0 Å². The molecule has 0 aliphatic rings. The Labute approximate surface area is 238 Å². The van der Waals surface area contributed by atoms with Crippen LogP contribution in [0.3, 0.4) is 0 Å². The topological polar surface area (TPSA) is 119 Å². The minimum atomic E-state index is -3.67. The molecule has 0 aliphatic carbocycles. The number of thioether (sulfide) groups is 1. The minimum Gasteiger partial charge on any atom is -0.494 e. The van der Waals surface area contributed by atoms with E-state index in [2.05, 4.69) is 20.5 Å². The zero-order valence-electron chi connectivity index (χ0n) is 22.9. The molecule has 1 N–H and O–H groups in total. The zero-order valence-corrected chi connectivity index (χ0v) is 24.5. The molecule has 0 aliphatic heterocycles. The van der Waals surface area contributed by atoms with E-state index < -0.39 is 10.0 Å². The van der Waals surface area contributed by atoms with E-state index in [4.69, 9.17) is 4.74 Å². The zero-order chi connectivity index (χ0) is 28.7. The van der Waals surface area contributed by atoms with Crippen molar-refractivity contribution in [2.24, 2.45) is 0 Å². The second-order valence-corrected chi connectivity index (χ2v) is 11.6. The highest BCUT2D eigenvalue weighted by atomic mass is 32.2. The number of hydrogen-bond acceptors (Lipinski definition) is 8. The number of anilines is 1. The summed E-state index contributed by atoms with van der Waals surface area (Å²) in [6.07, 6.45) is 3.39. The molecule has 4 rings (SSSR count). The van der Waals surface area contributed by atoms with Gasteiger partial charge in [0.25, 0.3) is 0 Å². The molecule has 10 nitrogen and oxygen atoms in total. The van der Waals surface area contributed by atoms with E-state index in [9.17, 15) is 13.2 Å². The summed E-state index contributed by atoms with van der Waals surface area (Å²) in [5.41, 5.74) is 2.61. The van der Waals surface area contributed by atoms with Gasteiger partial charge in [-0.1, -0.05) is 31.7 Å². The van der Waals surface area contributed by atoms with E-state index in [1.54, 1.807) is 45.3 Å². The molecule has 40 heavy (non-hydrogen) atoms. The Kier molecular flexibility index (Phi) is 9.56. The van der Waals surface area contributed by atoms with Crippen LogP contribution in [0.25, 0.3) is 17.1 Å². The number of benzene rings is 2. The first-order valence-corrected chi connectivity index (χ1v) is 15.3. The van der Waals surface area contributed by atoms with E-state index in [-0.39, 0.29) is 16.6 Å². The molecule has 0 radical (unpaired) electrons. The molecular formula is C28H32N6O4S2. The molecule has 2 heterocycles. The van der Waals surface area contributed by atoms with Crippen LogP contribution >= 0.6 is 11.8 Å². The second-order valence-electron chi connectivity index (χ2n) is 8.72. The first-order chi connectivity index (χ1) is 19.3. The van der Waals surface area contributed by atoms with Crippen molar-refractivity contribution in [2.75, 3.05) is 30.8 Å². The van der Waals surface area contributed by atoms with E-state index in [1.165, 1.54) is 22.1 Å². The average Bonchev–Trinajstić information content (AvgIpc) is 3.38. The number of carbonyl (C=O) groups excluding carboxylic acids is 1. The molecule has 2 aromatic heterocycles. The number of amides is 1. The lowest BCUT2D eigenvalue weighted by molar-refractivity contribution is -0.113. The third-order valence-electron chi connectivity index (χ3n) is 6.09. The molecule has 12 heteroatoms. The molecule has 2 aromatic carbocycles. The summed E-state index contributed by atoms with van der Waals surface area (Å²) in [5.74, 6) is 1.07. The van der Waals surface area contributed by atoms with Crippen LogP contribution in [-0.2, 0) is 14.8 Å². The first-order valence-electron chi connectivity index (χ1n) is 12.9. The average molecular weight is 581 g/mol. The normalized spacial score (nSPS) is 11.5. The Balaban J connectivity index is 1.56. The Morgan fingerprint density at radius 1 is 1.05 bits per heavy atom. The lowest BCUT2D eigenvalue weighted by atomic mass is 10.2. The predicted molar refractivity (Wildman–Crippen MR) is 156 cm³/mol. The van der Waals surface area contributed by atoms with Crippen LogP contribution in [0, 0.1) is 6.92 Å². The number of nitrogens with one attached hydrogen (secondary N) is 1. The molecule has 0 saturated carbocycles. The van der Waals surface area contributed by atoms with Crippen LogP contribution in [-0.4, -0.2) is 63.8 Å². The maximum atomic E-state index is 13.1. The summed E-state index contributed by atoms with van der Waals surface area (Å²) in [6, 6.07) is 16.2. The van der Waals surface area contributed by atoms with Crippen LogP contribution in [0.1, 0.15) is 26.3 Å². The van der Waals surface area contributed by atoms with Crippen molar-refractivity contribution in [3.05, 3.63) is 72.6 Å². The van der Waals surface area contributed by atoms with Gasteiger partial charge in [0, 0.05) is 42.4 Å². The molecule has 0 spiro atoms. The number of carbonyl (C=O) groups is 1. The predicted octanol–water partition coefficient (Wildman–Crippen LogP) is 4.80. The van der Waals surface area contributed by atoms with Gasteiger partial charge in [0.15, 0.2) is 11.0 Å². The van der Waals surface area contributed by atoms with E-state index in [0.717, 1.165) is 17.0 Å². The lowest BCUT2D eigenvalue weighted by Gasteiger charge is -2.20. The Hall–Kier alpha value is -3.74. The summed E-state index contributed by atoms with van der Waals surface area (Å²) in [4.78, 5) is 17.3. The Bertz CT molecular complexity index is 1550. The fourth-order valence-electron chi connectivity index (χ4n) is 4.12. The number of nitrogens with zero attached hydrogens (tertiary/aromatic N) is 5. The third-order valence-corrected chi connectivity index (χ3v) is 9.21. The van der Waals surface area contributed by atoms with Gasteiger partial charge in [0.2, 0.25) is 15.9 Å². The van der Waals surface area contributed by atoms with Gasteiger partial charge in [-0.2, -0.15) is 4.31 Å². The minimum absolute atomic E-state index is 0.0359. The van der Waals surface area contributed by atoms with Crippen LogP contribution in [0.5, 0.6) is 5.75 Å². The largest absolute Gasteiger partial charge is 0.494 e. The SMILES string of the molecule is CCOc1ccc(-n2c(SCC(=O)Nc3ccc(C)c(S(=O)(=O)N(CC)CC)c3)nnc2-c2cccnc2)cc1. The van der Waals surface area contributed by atoms with E-state index in [0.29, 0.717) is 41.9 Å². The first kappa shape index (κ1) is 29.2. The molecule has 0 fully saturated rings. The summed E-state index contributed by atoms with van der Waals surface area (Å²) in [6.45, 7) is 8.55. The lowest BCUT2D eigenvalue weighted by Crippen LogP contribution is -2.31. The summed E-state index contributed by atoms with van der Waals surface area (Å²) in [7, 11) is -3.67. The maximum absolute atomic E-state index is 13.1. The van der Waals surface area contributed by atoms with E-state index >= 15 is 0 Å². The van der Waals surface area contributed by atoms with Crippen molar-refractivity contribution in [1.82, 2.24) is 24.1 Å². The van der Waals surface area contributed by atoms with Gasteiger partial charge in [0.1, 0.15) is 5.75 Å². The fraction of sp³-hybridized carbons (Fsp3) is 0.286. The molecule has 1 amide bonds. The number of pyridine rings is 1. The van der Waals surface area contributed by atoms with Gasteiger partial charge in [-0.05, 0) is 67.9 Å². The molecule has 4 aromatic rings. The highest BCUT2D eigenvalue weighted by Gasteiger charge is 2.24. The highest BCUT2D eigenvalue weighted by Crippen LogP contribution is 2.29. The molecule has 0 unspecified atom stereocenters.